The molecule has 52 heavy (non-hydrogen) atoms. The zero-order valence-corrected chi connectivity index (χ0v) is 30.7. The lowest BCUT2D eigenvalue weighted by Gasteiger charge is -2.23. The number of ether oxygens (including phenoxy) is 5. The van der Waals surface area contributed by atoms with Crippen LogP contribution in [0, 0.1) is 6.92 Å². The van der Waals surface area contributed by atoms with Gasteiger partial charge in [0.1, 0.15) is 18.1 Å². The van der Waals surface area contributed by atoms with Crippen molar-refractivity contribution in [3.05, 3.63) is 89.1 Å². The van der Waals surface area contributed by atoms with Gasteiger partial charge in [-0.05, 0) is 35.6 Å². The molecule has 0 aliphatic carbocycles. The number of nitrogens with one attached hydrogen (secondary N) is 1. The number of alkyl halides is 1. The van der Waals surface area contributed by atoms with Crippen LogP contribution in [0.3, 0.4) is 0 Å². The molecule has 6 rings (SSSR count). The van der Waals surface area contributed by atoms with Crippen LogP contribution in [0.4, 0.5) is 15.3 Å². The number of halogens is 1. The molecular weight excluding hydrogens is 688 g/mol. The van der Waals surface area contributed by atoms with Crippen LogP contribution in [0.5, 0.6) is 23.0 Å². The minimum absolute atomic E-state index is 0.148. The zero-order valence-electron chi connectivity index (χ0n) is 29.9. The van der Waals surface area contributed by atoms with Gasteiger partial charge >= 0.3 is 12.2 Å². The number of hydrogen-bond donors (Lipinski definition) is 1. The van der Waals surface area contributed by atoms with Crippen molar-refractivity contribution in [3.8, 4) is 23.0 Å². The van der Waals surface area contributed by atoms with Crippen molar-refractivity contribution in [3.63, 3.8) is 0 Å². The van der Waals surface area contributed by atoms with Crippen molar-refractivity contribution < 1.29 is 38.1 Å². The number of amides is 3. The second-order valence-corrected chi connectivity index (χ2v) is 13.0. The average molecular weight is 729 g/mol. The highest BCUT2D eigenvalue weighted by Gasteiger charge is 2.36. The highest BCUT2D eigenvalue weighted by atomic mass is 35.5. The molecule has 13 heteroatoms. The first kappa shape index (κ1) is 36.2. The largest absolute Gasteiger partial charge is 0.493 e. The summed E-state index contributed by atoms with van der Waals surface area (Å²) in [5.41, 5.74) is 4.40. The van der Waals surface area contributed by atoms with Gasteiger partial charge in [-0.15, -0.1) is 11.6 Å². The molecule has 2 heterocycles. The van der Waals surface area contributed by atoms with Gasteiger partial charge in [-0.1, -0.05) is 54.1 Å². The van der Waals surface area contributed by atoms with Gasteiger partial charge in [0.05, 0.1) is 32.5 Å². The third-order valence-electron chi connectivity index (χ3n) is 9.28. The topological polar surface area (TPSA) is 123 Å². The van der Waals surface area contributed by atoms with E-state index in [2.05, 4.69) is 4.98 Å². The average Bonchev–Trinajstić information content (AvgIpc) is 3.77. The Kier molecular flexibility index (Phi) is 10.7. The highest BCUT2D eigenvalue weighted by Crippen LogP contribution is 2.47. The van der Waals surface area contributed by atoms with Gasteiger partial charge in [0.25, 0.3) is 5.91 Å². The number of hydrogen-bond acceptors (Lipinski definition) is 8. The van der Waals surface area contributed by atoms with Crippen LogP contribution in [-0.2, 0) is 11.3 Å². The molecule has 1 atom stereocenters. The minimum atomic E-state index is -0.623. The quantitative estimate of drug-likeness (QED) is 0.140. The second-order valence-electron chi connectivity index (χ2n) is 12.7. The molecule has 1 aliphatic rings. The Morgan fingerprint density at radius 1 is 0.846 bits per heavy atom. The third kappa shape index (κ3) is 6.98. The molecule has 0 unspecified atom stereocenters. The molecule has 1 aromatic heterocycles. The van der Waals surface area contributed by atoms with Gasteiger partial charge in [-0.2, -0.15) is 0 Å². The van der Waals surface area contributed by atoms with Gasteiger partial charge in [0.15, 0.2) is 11.5 Å². The lowest BCUT2D eigenvalue weighted by Crippen LogP contribution is -2.38. The third-order valence-corrected chi connectivity index (χ3v) is 9.66. The Bertz CT molecular complexity index is 2130. The summed E-state index contributed by atoms with van der Waals surface area (Å²) in [4.78, 5) is 47.9. The first-order valence-corrected chi connectivity index (χ1v) is 17.2. The molecule has 272 valence electrons. The van der Waals surface area contributed by atoms with E-state index in [1.807, 2.05) is 55.5 Å². The fraction of sp³-hybridized carbons (Fsp3) is 0.308. The van der Waals surface area contributed by atoms with E-state index in [1.165, 1.54) is 31.1 Å². The van der Waals surface area contributed by atoms with E-state index in [9.17, 15) is 14.4 Å². The van der Waals surface area contributed by atoms with Gasteiger partial charge in [0, 0.05) is 62.4 Å². The number of aromatic nitrogens is 1. The van der Waals surface area contributed by atoms with Gasteiger partial charge in [-0.25, -0.2) is 9.59 Å². The molecule has 5 aromatic rings. The number of nitrogens with zero attached hydrogens (tertiary/aromatic N) is 3. The van der Waals surface area contributed by atoms with Crippen LogP contribution in [0.1, 0.15) is 33.1 Å². The molecular formula is C39H41ClN4O8. The van der Waals surface area contributed by atoms with E-state index in [-0.39, 0.29) is 43.2 Å². The number of methoxy groups -OCH3 is 3. The van der Waals surface area contributed by atoms with Crippen molar-refractivity contribution in [1.82, 2.24) is 14.8 Å². The summed E-state index contributed by atoms with van der Waals surface area (Å²) in [7, 11) is 7.78. The number of aryl methyl sites for hydroxylation is 1. The van der Waals surface area contributed by atoms with Crippen LogP contribution in [0.2, 0.25) is 0 Å². The smallest absolute Gasteiger partial charge is 0.415 e. The number of carbonyl (C=O) groups excluding carboxylic acids is 3. The summed E-state index contributed by atoms with van der Waals surface area (Å²) < 4.78 is 28.1. The Morgan fingerprint density at radius 3 is 2.17 bits per heavy atom. The number of fused-ring (bicyclic) bond motifs is 4. The molecule has 0 spiro atoms. The molecule has 1 aliphatic heterocycles. The maximum absolute atomic E-state index is 14.3. The van der Waals surface area contributed by atoms with Crippen LogP contribution >= 0.6 is 11.6 Å². The van der Waals surface area contributed by atoms with Crippen LogP contribution in [0.25, 0.3) is 21.7 Å². The molecule has 1 N–H and O–H groups in total. The summed E-state index contributed by atoms with van der Waals surface area (Å²) >= 11 is 6.51. The number of rotatable bonds is 11. The Morgan fingerprint density at radius 2 is 1.52 bits per heavy atom. The molecule has 0 saturated heterocycles. The van der Waals surface area contributed by atoms with Gasteiger partial charge < -0.3 is 43.4 Å². The summed E-state index contributed by atoms with van der Waals surface area (Å²) in [5, 5.41) is 2.24. The number of carbonyl (C=O) groups is 3. The molecule has 0 fully saturated rings. The highest BCUT2D eigenvalue weighted by molar-refractivity contribution is 6.19. The Labute approximate surface area is 306 Å². The zero-order chi connectivity index (χ0) is 37.1. The van der Waals surface area contributed by atoms with Crippen molar-refractivity contribution in [2.24, 2.45) is 0 Å². The summed E-state index contributed by atoms with van der Waals surface area (Å²) in [6, 6.07) is 20.5. The molecule has 4 aromatic carbocycles. The maximum atomic E-state index is 14.3. The van der Waals surface area contributed by atoms with Crippen molar-refractivity contribution in [2.45, 2.75) is 19.4 Å². The van der Waals surface area contributed by atoms with Crippen molar-refractivity contribution in [2.75, 3.05) is 65.8 Å². The number of likely N-dealkylation sites (N-methyl/N-ethyl adjacent to an activating group) is 2. The molecule has 12 nitrogen and oxygen atoms in total. The lowest BCUT2D eigenvalue weighted by atomic mass is 9.95. The monoisotopic (exact) mass is 728 g/mol. The van der Waals surface area contributed by atoms with E-state index in [0.29, 0.717) is 51.5 Å². The van der Waals surface area contributed by atoms with Gasteiger partial charge in [0.2, 0.25) is 5.75 Å². The van der Waals surface area contributed by atoms with E-state index >= 15 is 0 Å². The molecule has 0 radical (unpaired) electrons. The van der Waals surface area contributed by atoms with E-state index in [0.717, 1.165) is 22.1 Å². The van der Waals surface area contributed by atoms with E-state index < -0.39 is 12.2 Å². The van der Waals surface area contributed by atoms with Crippen molar-refractivity contribution in [1.29, 1.82) is 0 Å². The fourth-order valence-corrected chi connectivity index (χ4v) is 6.67. The molecule has 0 saturated carbocycles. The van der Waals surface area contributed by atoms with Crippen LogP contribution in [0.15, 0.2) is 66.7 Å². The summed E-state index contributed by atoms with van der Waals surface area (Å²) in [6.07, 6.45) is -1.13. The van der Waals surface area contributed by atoms with Crippen LogP contribution in [-0.4, -0.2) is 93.8 Å². The molecule has 0 bridgehead atoms. The Balaban J connectivity index is 1.22. The number of H-pyrrole nitrogens is 1. The standard InChI is InChI=1S/C39H41ClN4O8/c1-23-11-13-24(14-12-23)22-51-38(46)42(2)15-16-43(3)39(47)52-31-19-30-33(28-10-8-7-9-27(28)31)26(20-40)21-44(30)37(45)29-17-25-18-32(48-4)35(49-5)36(50-6)34(25)41-29/h7-14,17-19,26,41H,15-16,20-22H2,1-6H3/t26-/m1/s1. The predicted octanol–water partition coefficient (Wildman–Crippen LogP) is 7.34. The SMILES string of the molecule is COc1cc2cc(C(=O)N3C[C@@H](CCl)c4c3cc(OC(=O)N(C)CCN(C)C(=O)OCc3ccc(C)cc3)c3ccccc43)[nH]c2c(OC)c1OC. The summed E-state index contributed by atoms with van der Waals surface area (Å²) in [5.74, 6) is 1.37. The minimum Gasteiger partial charge on any atom is -0.493 e. The number of anilines is 1. The second kappa shape index (κ2) is 15.3. The number of aromatic amines is 1. The van der Waals surface area contributed by atoms with E-state index in [4.69, 9.17) is 35.3 Å². The van der Waals surface area contributed by atoms with E-state index in [1.54, 1.807) is 37.2 Å². The van der Waals surface area contributed by atoms with Crippen LogP contribution < -0.4 is 23.8 Å². The fourth-order valence-electron chi connectivity index (χ4n) is 6.41. The summed E-state index contributed by atoms with van der Waals surface area (Å²) in [6.45, 7) is 2.87. The van der Waals surface area contributed by atoms with Crippen molar-refractivity contribution >= 4 is 57.1 Å². The predicted molar refractivity (Wildman–Crippen MR) is 200 cm³/mol. The number of benzene rings is 4. The Hall–Kier alpha value is -5.62. The normalized spacial score (nSPS) is 13.5. The first-order valence-electron chi connectivity index (χ1n) is 16.7. The lowest BCUT2D eigenvalue weighted by molar-refractivity contribution is 0.0982. The molecule has 3 amide bonds. The first-order chi connectivity index (χ1) is 25.1. The van der Waals surface area contributed by atoms with Gasteiger partial charge in [-0.3, -0.25) is 4.79 Å². The maximum Gasteiger partial charge on any atom is 0.415 e.